The van der Waals surface area contributed by atoms with Gasteiger partial charge in [-0.05, 0) is 13.3 Å². The molecule has 0 aliphatic heterocycles. The molecule has 1 aromatic rings. The van der Waals surface area contributed by atoms with Gasteiger partial charge < -0.3 is 9.47 Å². The molecule has 0 N–H and O–H groups in total. The molecular formula is C13H19ClN2O4. The Kier molecular flexibility index (Phi) is 6.01. The maximum atomic E-state index is 11.7. The molecule has 20 heavy (non-hydrogen) atoms. The second-order valence-electron chi connectivity index (χ2n) is 4.18. The molecule has 1 heterocycles. The zero-order chi connectivity index (χ0) is 15.3. The zero-order valence-electron chi connectivity index (χ0n) is 12.1. The van der Waals surface area contributed by atoms with Crippen LogP contribution in [0.15, 0.2) is 0 Å². The molecule has 0 aromatic carbocycles. The topological polar surface area (TPSA) is 70.4 Å². The van der Waals surface area contributed by atoms with Gasteiger partial charge in [0.25, 0.3) is 0 Å². The molecular weight excluding hydrogens is 284 g/mol. The van der Waals surface area contributed by atoms with E-state index in [1.807, 2.05) is 13.8 Å². The third-order valence-corrected chi connectivity index (χ3v) is 3.50. The minimum absolute atomic E-state index is 0.110. The Morgan fingerprint density at radius 2 is 1.80 bits per heavy atom. The van der Waals surface area contributed by atoms with Crippen LogP contribution in [0.3, 0.4) is 0 Å². The SMILES string of the molecule is CCc1nn(CC)c(CC(C(=O)OC)C(=O)OC)c1Cl. The van der Waals surface area contributed by atoms with Crippen LogP contribution in [0.2, 0.25) is 5.02 Å². The normalized spacial score (nSPS) is 10.7. The molecule has 0 saturated carbocycles. The van der Waals surface area contributed by atoms with Crippen LogP contribution in [0.1, 0.15) is 25.2 Å². The number of halogens is 1. The second-order valence-corrected chi connectivity index (χ2v) is 4.56. The van der Waals surface area contributed by atoms with Gasteiger partial charge >= 0.3 is 11.9 Å². The fourth-order valence-electron chi connectivity index (χ4n) is 1.95. The first kappa shape index (κ1) is 16.5. The highest BCUT2D eigenvalue weighted by atomic mass is 35.5. The van der Waals surface area contributed by atoms with Gasteiger partial charge in [-0.1, -0.05) is 18.5 Å². The minimum Gasteiger partial charge on any atom is -0.468 e. The van der Waals surface area contributed by atoms with Crippen molar-refractivity contribution >= 4 is 23.5 Å². The van der Waals surface area contributed by atoms with E-state index in [9.17, 15) is 9.59 Å². The highest BCUT2D eigenvalue weighted by molar-refractivity contribution is 6.32. The molecule has 0 aliphatic carbocycles. The maximum Gasteiger partial charge on any atom is 0.320 e. The molecule has 1 aromatic heterocycles. The Balaban J connectivity index is 3.13. The Bertz CT molecular complexity index is 483. The van der Waals surface area contributed by atoms with Gasteiger partial charge in [-0.3, -0.25) is 14.3 Å². The smallest absolute Gasteiger partial charge is 0.320 e. The summed E-state index contributed by atoms with van der Waals surface area (Å²) >= 11 is 6.26. The van der Waals surface area contributed by atoms with Gasteiger partial charge in [-0.2, -0.15) is 5.10 Å². The lowest BCUT2D eigenvalue weighted by molar-refractivity contribution is -0.158. The van der Waals surface area contributed by atoms with E-state index in [2.05, 4.69) is 14.6 Å². The number of hydrogen-bond donors (Lipinski definition) is 0. The number of esters is 2. The van der Waals surface area contributed by atoms with E-state index < -0.39 is 17.9 Å². The Hall–Kier alpha value is -1.56. The van der Waals surface area contributed by atoms with E-state index in [1.165, 1.54) is 14.2 Å². The predicted molar refractivity (Wildman–Crippen MR) is 73.5 cm³/mol. The number of carbonyl (C=O) groups is 2. The third-order valence-electron chi connectivity index (χ3n) is 3.06. The fraction of sp³-hybridized carbons (Fsp3) is 0.615. The molecule has 1 rings (SSSR count). The van der Waals surface area contributed by atoms with E-state index in [-0.39, 0.29) is 6.42 Å². The lowest BCUT2D eigenvalue weighted by Crippen LogP contribution is -2.29. The predicted octanol–water partition coefficient (Wildman–Crippen LogP) is 1.62. The fourth-order valence-corrected chi connectivity index (χ4v) is 2.30. The molecule has 0 unspecified atom stereocenters. The number of aryl methyl sites for hydroxylation is 2. The van der Waals surface area contributed by atoms with Gasteiger partial charge in [0.15, 0.2) is 5.92 Å². The molecule has 0 atom stereocenters. The lowest BCUT2D eigenvalue weighted by atomic mass is 10.0. The van der Waals surface area contributed by atoms with Crippen LogP contribution >= 0.6 is 11.6 Å². The summed E-state index contributed by atoms with van der Waals surface area (Å²) in [5.74, 6) is -2.32. The summed E-state index contributed by atoms with van der Waals surface area (Å²) in [6, 6.07) is 0. The van der Waals surface area contributed by atoms with Crippen molar-refractivity contribution < 1.29 is 19.1 Å². The number of methoxy groups -OCH3 is 2. The number of aromatic nitrogens is 2. The molecule has 0 spiro atoms. The first-order valence-electron chi connectivity index (χ1n) is 6.39. The van der Waals surface area contributed by atoms with Crippen LogP contribution in [0.5, 0.6) is 0 Å². The molecule has 0 aliphatic rings. The molecule has 6 nitrogen and oxygen atoms in total. The van der Waals surface area contributed by atoms with Gasteiger partial charge in [0.05, 0.1) is 30.6 Å². The van der Waals surface area contributed by atoms with E-state index in [0.29, 0.717) is 23.7 Å². The van der Waals surface area contributed by atoms with Gasteiger partial charge in [-0.25, -0.2) is 0 Å². The number of hydrogen-bond acceptors (Lipinski definition) is 5. The Morgan fingerprint density at radius 1 is 1.25 bits per heavy atom. The molecule has 0 bridgehead atoms. The van der Waals surface area contributed by atoms with Crippen molar-refractivity contribution in [1.29, 1.82) is 0 Å². The Labute approximate surface area is 123 Å². The summed E-state index contributed by atoms with van der Waals surface area (Å²) in [6.07, 6.45) is 0.791. The van der Waals surface area contributed by atoms with Crippen LogP contribution in [0.25, 0.3) is 0 Å². The van der Waals surface area contributed by atoms with Gasteiger partial charge in [0.2, 0.25) is 0 Å². The summed E-state index contributed by atoms with van der Waals surface area (Å²) < 4.78 is 11.0. The van der Waals surface area contributed by atoms with Gasteiger partial charge in [0, 0.05) is 13.0 Å². The molecule has 0 fully saturated rings. The zero-order valence-corrected chi connectivity index (χ0v) is 12.9. The summed E-state index contributed by atoms with van der Waals surface area (Å²) in [5, 5.41) is 4.84. The van der Waals surface area contributed by atoms with Crippen LogP contribution in [0.4, 0.5) is 0 Å². The standard InChI is InChI=1S/C13H19ClN2O4/c1-5-9-11(14)10(16(6-2)15-9)7-8(12(17)19-3)13(18)20-4/h8H,5-7H2,1-4H3. The highest BCUT2D eigenvalue weighted by Crippen LogP contribution is 2.25. The van der Waals surface area contributed by atoms with Crippen LogP contribution in [-0.2, 0) is 38.4 Å². The molecule has 0 amide bonds. The van der Waals surface area contributed by atoms with Crippen molar-refractivity contribution in [3.8, 4) is 0 Å². The van der Waals surface area contributed by atoms with Crippen LogP contribution in [0, 0.1) is 5.92 Å². The van der Waals surface area contributed by atoms with E-state index >= 15 is 0 Å². The average molecular weight is 303 g/mol. The Morgan fingerprint density at radius 3 is 2.20 bits per heavy atom. The van der Waals surface area contributed by atoms with Crippen LogP contribution in [-0.4, -0.2) is 35.9 Å². The average Bonchev–Trinajstić information content (AvgIpc) is 2.78. The lowest BCUT2D eigenvalue weighted by Gasteiger charge is -2.13. The van der Waals surface area contributed by atoms with Crippen molar-refractivity contribution in [2.75, 3.05) is 14.2 Å². The molecule has 0 saturated heterocycles. The maximum absolute atomic E-state index is 11.7. The molecule has 0 radical (unpaired) electrons. The van der Waals surface area contributed by atoms with Crippen LogP contribution < -0.4 is 0 Å². The van der Waals surface area contributed by atoms with Crippen molar-refractivity contribution in [2.45, 2.75) is 33.2 Å². The minimum atomic E-state index is -1.03. The number of ether oxygens (including phenoxy) is 2. The quantitative estimate of drug-likeness (QED) is 0.590. The number of carbonyl (C=O) groups excluding carboxylic acids is 2. The van der Waals surface area contributed by atoms with Crippen molar-refractivity contribution in [3.63, 3.8) is 0 Å². The summed E-state index contributed by atoms with van der Waals surface area (Å²) in [6.45, 7) is 4.46. The first-order chi connectivity index (χ1) is 9.49. The summed E-state index contributed by atoms with van der Waals surface area (Å²) in [7, 11) is 2.46. The highest BCUT2D eigenvalue weighted by Gasteiger charge is 2.31. The third kappa shape index (κ3) is 3.30. The molecule has 112 valence electrons. The van der Waals surface area contributed by atoms with Crippen molar-refractivity contribution in [1.82, 2.24) is 9.78 Å². The summed E-state index contributed by atoms with van der Waals surface area (Å²) in [5.41, 5.74) is 1.39. The molecule has 7 heteroatoms. The van der Waals surface area contributed by atoms with Crippen molar-refractivity contribution in [2.24, 2.45) is 5.92 Å². The monoisotopic (exact) mass is 302 g/mol. The van der Waals surface area contributed by atoms with E-state index in [0.717, 1.165) is 5.69 Å². The summed E-state index contributed by atoms with van der Waals surface area (Å²) in [4.78, 5) is 23.4. The van der Waals surface area contributed by atoms with Gasteiger partial charge in [-0.15, -0.1) is 0 Å². The van der Waals surface area contributed by atoms with E-state index in [1.54, 1.807) is 4.68 Å². The largest absolute Gasteiger partial charge is 0.468 e. The van der Waals surface area contributed by atoms with Crippen molar-refractivity contribution in [3.05, 3.63) is 16.4 Å². The van der Waals surface area contributed by atoms with E-state index in [4.69, 9.17) is 11.6 Å². The number of nitrogens with zero attached hydrogens (tertiary/aromatic N) is 2. The first-order valence-corrected chi connectivity index (χ1v) is 6.77. The van der Waals surface area contributed by atoms with Gasteiger partial charge in [0.1, 0.15) is 0 Å². The second kappa shape index (κ2) is 7.28. The number of rotatable bonds is 6.